The monoisotopic (exact) mass is 281 g/mol. The van der Waals surface area contributed by atoms with Crippen molar-refractivity contribution in [3.8, 4) is 0 Å². The van der Waals surface area contributed by atoms with E-state index in [1.807, 2.05) is 4.90 Å². The summed E-state index contributed by atoms with van der Waals surface area (Å²) in [6.07, 6.45) is 2.67. The van der Waals surface area contributed by atoms with E-state index in [1.54, 1.807) is 11.3 Å². The van der Waals surface area contributed by atoms with Gasteiger partial charge in [-0.25, -0.2) is 0 Å². The molecule has 0 spiro atoms. The zero-order chi connectivity index (χ0) is 13.8. The Labute approximate surface area is 117 Å². The maximum absolute atomic E-state index is 12.2. The predicted molar refractivity (Wildman–Crippen MR) is 74.3 cm³/mol. The van der Waals surface area contributed by atoms with Gasteiger partial charge in [0.15, 0.2) is 0 Å². The van der Waals surface area contributed by atoms with Gasteiger partial charge in [-0.3, -0.25) is 9.59 Å². The van der Waals surface area contributed by atoms with Crippen LogP contribution in [0.4, 0.5) is 0 Å². The van der Waals surface area contributed by atoms with E-state index in [1.165, 1.54) is 10.4 Å². The number of carboxylic acid groups (broad SMARTS) is 1. The minimum absolute atomic E-state index is 0.0695. The summed E-state index contributed by atoms with van der Waals surface area (Å²) < 4.78 is 0. The number of carboxylic acids is 1. The molecule has 1 atom stereocenters. The lowest BCUT2D eigenvalue weighted by Gasteiger charge is -2.35. The summed E-state index contributed by atoms with van der Waals surface area (Å²) in [5.41, 5.74) is 1.28. The molecule has 0 radical (unpaired) electrons. The number of rotatable bonds is 5. The third-order valence-electron chi connectivity index (χ3n) is 3.58. The van der Waals surface area contributed by atoms with Crippen LogP contribution in [0.2, 0.25) is 0 Å². The topological polar surface area (TPSA) is 57.6 Å². The van der Waals surface area contributed by atoms with E-state index in [-0.39, 0.29) is 18.4 Å². The second-order valence-electron chi connectivity index (χ2n) is 4.81. The van der Waals surface area contributed by atoms with Gasteiger partial charge in [0.25, 0.3) is 0 Å². The van der Waals surface area contributed by atoms with Crippen LogP contribution in [0.3, 0.4) is 0 Å². The lowest BCUT2D eigenvalue weighted by Crippen LogP contribution is -2.39. The maximum Gasteiger partial charge on any atom is 0.303 e. The first-order valence-electron chi connectivity index (χ1n) is 6.71. The van der Waals surface area contributed by atoms with E-state index >= 15 is 0 Å². The van der Waals surface area contributed by atoms with Gasteiger partial charge >= 0.3 is 5.97 Å². The minimum Gasteiger partial charge on any atom is -0.481 e. The number of hydrogen-bond acceptors (Lipinski definition) is 3. The molecule has 0 saturated heterocycles. The summed E-state index contributed by atoms with van der Waals surface area (Å²) in [7, 11) is 0. The summed E-state index contributed by atoms with van der Waals surface area (Å²) in [5, 5.41) is 10.7. The van der Waals surface area contributed by atoms with Crippen LogP contribution >= 0.6 is 11.3 Å². The van der Waals surface area contributed by atoms with Gasteiger partial charge in [0, 0.05) is 24.3 Å². The Morgan fingerprint density at radius 1 is 1.47 bits per heavy atom. The van der Waals surface area contributed by atoms with Crippen LogP contribution in [0.25, 0.3) is 0 Å². The Morgan fingerprint density at radius 2 is 2.26 bits per heavy atom. The molecule has 0 fully saturated rings. The lowest BCUT2D eigenvalue weighted by molar-refractivity contribution is -0.137. The third-order valence-corrected chi connectivity index (χ3v) is 4.58. The number of fused-ring (bicyclic) bond motifs is 1. The molecule has 1 aromatic heterocycles. The largest absolute Gasteiger partial charge is 0.481 e. The van der Waals surface area contributed by atoms with Crippen molar-refractivity contribution in [1.29, 1.82) is 0 Å². The molecule has 0 aliphatic carbocycles. The molecule has 1 N–H and O–H groups in total. The summed E-state index contributed by atoms with van der Waals surface area (Å²) >= 11 is 1.76. The van der Waals surface area contributed by atoms with Crippen molar-refractivity contribution >= 4 is 23.2 Å². The Bertz CT molecular complexity index is 469. The smallest absolute Gasteiger partial charge is 0.303 e. The van der Waals surface area contributed by atoms with Crippen LogP contribution < -0.4 is 0 Å². The zero-order valence-electron chi connectivity index (χ0n) is 11.1. The molecular formula is C14H19NO3S. The molecular weight excluding hydrogens is 262 g/mol. The van der Waals surface area contributed by atoms with Crippen LogP contribution in [-0.4, -0.2) is 28.4 Å². The first-order chi connectivity index (χ1) is 9.13. The number of aliphatic carboxylic acids is 1. The second-order valence-corrected chi connectivity index (χ2v) is 5.81. The molecule has 5 heteroatoms. The van der Waals surface area contributed by atoms with E-state index in [2.05, 4.69) is 18.4 Å². The van der Waals surface area contributed by atoms with Crippen molar-refractivity contribution in [2.24, 2.45) is 0 Å². The SMILES string of the molecule is CCC1c2ccsc2CCN1C(=O)CCCC(=O)O. The average molecular weight is 281 g/mol. The van der Waals surface area contributed by atoms with Gasteiger partial charge in [-0.05, 0) is 36.3 Å². The van der Waals surface area contributed by atoms with Crippen molar-refractivity contribution in [2.75, 3.05) is 6.54 Å². The molecule has 0 bridgehead atoms. The summed E-state index contributed by atoms with van der Waals surface area (Å²) in [4.78, 5) is 26.0. The standard InChI is InChI=1S/C14H19NO3S/c1-2-11-10-7-9-19-12(10)6-8-15(11)13(16)4-3-5-14(17)18/h7,9,11H,2-6,8H2,1H3,(H,17,18). The number of nitrogens with zero attached hydrogens (tertiary/aromatic N) is 1. The highest BCUT2D eigenvalue weighted by atomic mass is 32.1. The van der Waals surface area contributed by atoms with Crippen LogP contribution in [0, 0.1) is 0 Å². The highest BCUT2D eigenvalue weighted by molar-refractivity contribution is 7.10. The van der Waals surface area contributed by atoms with Gasteiger partial charge in [-0.15, -0.1) is 11.3 Å². The molecule has 1 unspecified atom stereocenters. The Balaban J connectivity index is 2.00. The van der Waals surface area contributed by atoms with E-state index in [9.17, 15) is 9.59 Å². The number of carbonyl (C=O) groups excluding carboxylic acids is 1. The molecule has 1 amide bonds. The molecule has 19 heavy (non-hydrogen) atoms. The fourth-order valence-corrected chi connectivity index (χ4v) is 3.60. The van der Waals surface area contributed by atoms with Crippen LogP contribution in [0.5, 0.6) is 0 Å². The number of thiophene rings is 1. The van der Waals surface area contributed by atoms with Crippen molar-refractivity contribution in [3.63, 3.8) is 0 Å². The fourth-order valence-electron chi connectivity index (χ4n) is 2.67. The minimum atomic E-state index is -0.835. The Kier molecular flexibility index (Phi) is 4.58. The molecule has 1 aromatic rings. The van der Waals surface area contributed by atoms with Crippen LogP contribution in [0.15, 0.2) is 11.4 Å². The predicted octanol–water partition coefficient (Wildman–Crippen LogP) is 2.84. The van der Waals surface area contributed by atoms with Crippen LogP contribution in [-0.2, 0) is 16.0 Å². The molecule has 4 nitrogen and oxygen atoms in total. The zero-order valence-corrected chi connectivity index (χ0v) is 11.9. The van der Waals surface area contributed by atoms with Gasteiger partial charge in [-0.2, -0.15) is 0 Å². The van der Waals surface area contributed by atoms with Gasteiger partial charge in [0.1, 0.15) is 0 Å². The molecule has 2 rings (SSSR count). The van der Waals surface area contributed by atoms with Crippen molar-refractivity contribution in [1.82, 2.24) is 4.90 Å². The Morgan fingerprint density at radius 3 is 2.95 bits per heavy atom. The van der Waals surface area contributed by atoms with E-state index < -0.39 is 5.97 Å². The maximum atomic E-state index is 12.2. The van der Waals surface area contributed by atoms with E-state index in [0.29, 0.717) is 12.8 Å². The normalized spacial score (nSPS) is 18.2. The third kappa shape index (κ3) is 3.15. The highest BCUT2D eigenvalue weighted by Gasteiger charge is 2.29. The molecule has 104 valence electrons. The number of hydrogen-bond donors (Lipinski definition) is 1. The van der Waals surface area contributed by atoms with Crippen molar-refractivity contribution in [3.05, 3.63) is 21.9 Å². The summed E-state index contributed by atoms with van der Waals surface area (Å²) in [6.45, 7) is 2.85. The van der Waals surface area contributed by atoms with Crippen molar-refractivity contribution in [2.45, 2.75) is 45.1 Å². The Hall–Kier alpha value is -1.36. The summed E-state index contributed by atoms with van der Waals surface area (Å²) in [6, 6.07) is 2.29. The molecule has 0 aromatic carbocycles. The highest BCUT2D eigenvalue weighted by Crippen LogP contribution is 2.35. The lowest BCUT2D eigenvalue weighted by atomic mass is 9.97. The first kappa shape index (κ1) is 14.1. The molecule has 0 saturated carbocycles. The quantitative estimate of drug-likeness (QED) is 0.903. The van der Waals surface area contributed by atoms with E-state index in [4.69, 9.17) is 5.11 Å². The van der Waals surface area contributed by atoms with E-state index in [0.717, 1.165) is 19.4 Å². The molecule has 1 aliphatic rings. The van der Waals surface area contributed by atoms with Gasteiger partial charge in [-0.1, -0.05) is 6.92 Å². The van der Waals surface area contributed by atoms with Gasteiger partial charge in [0.2, 0.25) is 5.91 Å². The van der Waals surface area contributed by atoms with Gasteiger partial charge < -0.3 is 10.0 Å². The molecule has 2 heterocycles. The number of carbonyl (C=O) groups is 2. The number of amides is 1. The van der Waals surface area contributed by atoms with Crippen molar-refractivity contribution < 1.29 is 14.7 Å². The first-order valence-corrected chi connectivity index (χ1v) is 7.59. The fraction of sp³-hybridized carbons (Fsp3) is 0.571. The second kappa shape index (κ2) is 6.19. The molecule has 1 aliphatic heterocycles. The van der Waals surface area contributed by atoms with Gasteiger partial charge in [0.05, 0.1) is 6.04 Å². The van der Waals surface area contributed by atoms with Crippen LogP contribution in [0.1, 0.15) is 49.1 Å². The average Bonchev–Trinajstić information content (AvgIpc) is 2.85. The summed E-state index contributed by atoms with van der Waals surface area (Å²) in [5.74, 6) is -0.747.